The third-order valence-electron chi connectivity index (χ3n) is 4.51. The Kier molecular flexibility index (Phi) is 8.15. The van der Waals surface area contributed by atoms with Gasteiger partial charge in [-0.2, -0.15) is 0 Å². The summed E-state index contributed by atoms with van der Waals surface area (Å²) in [6.07, 6.45) is 1.36. The van der Waals surface area contributed by atoms with E-state index < -0.39 is 6.10 Å². The zero-order valence-corrected chi connectivity index (χ0v) is 19.1. The average Bonchev–Trinajstić information content (AvgIpc) is 3.21. The summed E-state index contributed by atoms with van der Waals surface area (Å²) in [6, 6.07) is 14.7. The molecule has 0 spiro atoms. The molecule has 1 heterocycles. The van der Waals surface area contributed by atoms with E-state index in [1.54, 1.807) is 32.4 Å². The van der Waals surface area contributed by atoms with Crippen LogP contribution in [-0.4, -0.2) is 40.6 Å². The van der Waals surface area contributed by atoms with Crippen molar-refractivity contribution in [2.75, 3.05) is 25.3 Å². The number of aromatic nitrogens is 3. The van der Waals surface area contributed by atoms with Crippen LogP contribution in [-0.2, 0) is 11.3 Å². The number of anilines is 1. The summed E-state index contributed by atoms with van der Waals surface area (Å²) in [5.74, 6) is 2.47. The predicted molar refractivity (Wildman–Crippen MR) is 125 cm³/mol. The first-order valence-electron chi connectivity index (χ1n) is 9.96. The Morgan fingerprint density at radius 2 is 1.75 bits per heavy atom. The zero-order valence-electron chi connectivity index (χ0n) is 18.3. The monoisotopic (exact) mass is 454 g/mol. The molecular weight excluding hydrogens is 428 g/mol. The van der Waals surface area contributed by atoms with E-state index in [2.05, 4.69) is 22.1 Å². The van der Waals surface area contributed by atoms with Gasteiger partial charge in [0.15, 0.2) is 28.6 Å². The Balaban J connectivity index is 1.70. The van der Waals surface area contributed by atoms with Crippen LogP contribution in [0.2, 0.25) is 0 Å². The molecule has 32 heavy (non-hydrogen) atoms. The molecule has 1 atom stereocenters. The van der Waals surface area contributed by atoms with Crippen molar-refractivity contribution in [1.82, 2.24) is 14.8 Å². The van der Waals surface area contributed by atoms with Crippen molar-refractivity contribution in [2.45, 2.75) is 24.7 Å². The molecule has 1 unspecified atom stereocenters. The van der Waals surface area contributed by atoms with Gasteiger partial charge in [0.05, 0.1) is 25.7 Å². The van der Waals surface area contributed by atoms with Crippen molar-refractivity contribution in [3.8, 4) is 17.2 Å². The largest absolute Gasteiger partial charge is 0.495 e. The number of para-hydroxylation sites is 4. The van der Waals surface area contributed by atoms with E-state index in [-0.39, 0.29) is 11.7 Å². The molecule has 0 saturated carbocycles. The summed E-state index contributed by atoms with van der Waals surface area (Å²) < 4.78 is 18.6. The van der Waals surface area contributed by atoms with Crippen molar-refractivity contribution in [3.05, 3.63) is 67.0 Å². The fraction of sp³-hybridized carbons (Fsp3) is 0.261. The second-order valence-corrected chi connectivity index (χ2v) is 7.63. The predicted octanol–water partition coefficient (Wildman–Crippen LogP) is 4.35. The van der Waals surface area contributed by atoms with E-state index in [1.807, 2.05) is 47.9 Å². The van der Waals surface area contributed by atoms with Crippen molar-refractivity contribution in [3.63, 3.8) is 0 Å². The van der Waals surface area contributed by atoms with Gasteiger partial charge >= 0.3 is 0 Å². The molecular formula is C23H26N4O4S. The quantitative estimate of drug-likeness (QED) is 0.340. The maximum absolute atomic E-state index is 12.5. The molecule has 0 radical (unpaired) electrons. The third kappa shape index (κ3) is 5.61. The number of nitrogens with one attached hydrogen (secondary N) is 1. The molecule has 2 aromatic carbocycles. The van der Waals surface area contributed by atoms with Gasteiger partial charge in [-0.25, -0.2) is 0 Å². The summed E-state index contributed by atoms with van der Waals surface area (Å²) in [7, 11) is 3.16. The topological polar surface area (TPSA) is 87.5 Å². The fourth-order valence-electron chi connectivity index (χ4n) is 3.03. The number of carbonyl (C=O) groups is 1. The Labute approximate surface area is 191 Å². The summed E-state index contributed by atoms with van der Waals surface area (Å²) in [4.78, 5) is 12.5. The molecule has 3 aromatic rings. The average molecular weight is 455 g/mol. The van der Waals surface area contributed by atoms with Crippen molar-refractivity contribution < 1.29 is 19.0 Å². The maximum Gasteiger partial charge on any atom is 0.234 e. The lowest BCUT2D eigenvalue weighted by molar-refractivity contribution is -0.113. The van der Waals surface area contributed by atoms with Crippen LogP contribution in [0.4, 0.5) is 5.69 Å². The number of carbonyl (C=O) groups excluding carboxylic acids is 1. The molecule has 1 aromatic heterocycles. The number of hydrogen-bond donors (Lipinski definition) is 1. The Bertz CT molecular complexity index is 1070. The first kappa shape index (κ1) is 23.2. The number of hydrogen-bond acceptors (Lipinski definition) is 7. The van der Waals surface area contributed by atoms with Gasteiger partial charge in [0.1, 0.15) is 5.75 Å². The first-order valence-corrected chi connectivity index (χ1v) is 10.9. The lowest BCUT2D eigenvalue weighted by Gasteiger charge is -2.17. The number of ether oxygens (including phenoxy) is 3. The lowest BCUT2D eigenvalue weighted by atomic mass is 10.3. The summed E-state index contributed by atoms with van der Waals surface area (Å²) >= 11 is 1.29. The van der Waals surface area contributed by atoms with Crippen molar-refractivity contribution >= 4 is 23.4 Å². The SMILES string of the molecule is C=CCn1c(SCC(=O)Nc2ccccc2OC)nnc1C(C)Oc1ccccc1OC. The van der Waals surface area contributed by atoms with E-state index in [0.29, 0.717) is 40.5 Å². The third-order valence-corrected chi connectivity index (χ3v) is 5.47. The van der Waals surface area contributed by atoms with Gasteiger partial charge in [0, 0.05) is 6.54 Å². The van der Waals surface area contributed by atoms with Gasteiger partial charge < -0.3 is 19.5 Å². The number of rotatable bonds is 11. The highest BCUT2D eigenvalue weighted by Gasteiger charge is 2.21. The number of allylic oxidation sites excluding steroid dienone is 1. The minimum atomic E-state index is -0.393. The van der Waals surface area contributed by atoms with Crippen LogP contribution in [0.5, 0.6) is 17.2 Å². The van der Waals surface area contributed by atoms with Gasteiger partial charge in [0.25, 0.3) is 0 Å². The smallest absolute Gasteiger partial charge is 0.234 e. The molecule has 1 amide bonds. The van der Waals surface area contributed by atoms with Crippen LogP contribution < -0.4 is 19.5 Å². The molecule has 0 aliphatic rings. The molecule has 8 nitrogen and oxygen atoms in total. The van der Waals surface area contributed by atoms with Crippen molar-refractivity contribution in [1.29, 1.82) is 0 Å². The van der Waals surface area contributed by atoms with Gasteiger partial charge in [-0.3, -0.25) is 9.36 Å². The molecule has 1 N–H and O–H groups in total. The molecule has 168 valence electrons. The van der Waals surface area contributed by atoms with Crippen LogP contribution in [0.1, 0.15) is 18.9 Å². The highest BCUT2D eigenvalue weighted by atomic mass is 32.2. The van der Waals surface area contributed by atoms with Crippen molar-refractivity contribution in [2.24, 2.45) is 0 Å². The van der Waals surface area contributed by atoms with Crippen LogP contribution in [0.3, 0.4) is 0 Å². The van der Waals surface area contributed by atoms with Gasteiger partial charge in [0.2, 0.25) is 5.91 Å². The fourth-order valence-corrected chi connectivity index (χ4v) is 3.79. The first-order chi connectivity index (χ1) is 15.6. The Morgan fingerprint density at radius 1 is 1.09 bits per heavy atom. The van der Waals surface area contributed by atoms with Gasteiger partial charge in [-0.1, -0.05) is 42.1 Å². The number of benzene rings is 2. The van der Waals surface area contributed by atoms with Crippen LogP contribution in [0, 0.1) is 0 Å². The molecule has 0 aliphatic carbocycles. The van der Waals surface area contributed by atoms with Crippen LogP contribution >= 0.6 is 11.8 Å². The Hall–Kier alpha value is -3.46. The second-order valence-electron chi connectivity index (χ2n) is 6.69. The van der Waals surface area contributed by atoms with Gasteiger partial charge in [-0.15, -0.1) is 16.8 Å². The Morgan fingerprint density at radius 3 is 2.44 bits per heavy atom. The molecule has 3 rings (SSSR count). The molecule has 9 heteroatoms. The minimum absolute atomic E-state index is 0.162. The van der Waals surface area contributed by atoms with E-state index in [9.17, 15) is 4.79 Å². The van der Waals surface area contributed by atoms with Crippen LogP contribution in [0.15, 0.2) is 66.3 Å². The number of amides is 1. The standard InChI is InChI=1S/C23H26N4O4S/c1-5-14-27-22(16(2)31-20-13-9-8-12-19(20)30-4)25-26-23(27)32-15-21(28)24-17-10-6-7-11-18(17)29-3/h5-13,16H,1,14-15H2,2-4H3,(H,24,28). The summed E-state index contributed by atoms with van der Waals surface area (Å²) in [6.45, 7) is 6.19. The zero-order chi connectivity index (χ0) is 22.9. The highest BCUT2D eigenvalue weighted by molar-refractivity contribution is 7.99. The molecule has 0 bridgehead atoms. The molecule has 0 saturated heterocycles. The van der Waals surface area contributed by atoms with Gasteiger partial charge in [-0.05, 0) is 31.2 Å². The van der Waals surface area contributed by atoms with E-state index in [0.717, 1.165) is 0 Å². The summed E-state index contributed by atoms with van der Waals surface area (Å²) in [5, 5.41) is 12.0. The minimum Gasteiger partial charge on any atom is -0.495 e. The maximum atomic E-state index is 12.5. The number of nitrogens with zero attached hydrogens (tertiary/aromatic N) is 3. The van der Waals surface area contributed by atoms with Crippen LogP contribution in [0.25, 0.3) is 0 Å². The molecule has 0 aliphatic heterocycles. The number of thioether (sulfide) groups is 1. The molecule has 0 fully saturated rings. The van der Waals surface area contributed by atoms with E-state index in [4.69, 9.17) is 14.2 Å². The van der Waals surface area contributed by atoms with E-state index >= 15 is 0 Å². The lowest BCUT2D eigenvalue weighted by Crippen LogP contribution is -2.16. The number of methoxy groups -OCH3 is 2. The second kappa shape index (κ2) is 11.2. The summed E-state index contributed by atoms with van der Waals surface area (Å²) in [5.41, 5.74) is 0.618. The highest BCUT2D eigenvalue weighted by Crippen LogP contribution is 2.31. The van der Waals surface area contributed by atoms with E-state index in [1.165, 1.54) is 11.8 Å². The normalized spacial score (nSPS) is 11.5.